The Labute approximate surface area is 163 Å². The highest BCUT2D eigenvalue weighted by molar-refractivity contribution is 7.89. The number of carbonyl (C=O) groups excluding carboxylic acids is 1. The van der Waals surface area contributed by atoms with Crippen LogP contribution < -0.4 is 14.8 Å². The quantitative estimate of drug-likeness (QED) is 0.795. The zero-order chi connectivity index (χ0) is 20.3. The van der Waals surface area contributed by atoms with E-state index in [-0.39, 0.29) is 5.56 Å². The molecule has 1 saturated heterocycles. The molecule has 0 aromatic heterocycles. The van der Waals surface area contributed by atoms with Gasteiger partial charge in [-0.15, -0.1) is 0 Å². The molecule has 0 spiro atoms. The Balaban J connectivity index is 1.87. The third-order valence-electron chi connectivity index (χ3n) is 4.52. The molecule has 0 unspecified atom stereocenters. The van der Waals surface area contributed by atoms with Crippen LogP contribution in [0.4, 0.5) is 10.1 Å². The summed E-state index contributed by atoms with van der Waals surface area (Å²) in [4.78, 5) is 12.1. The van der Waals surface area contributed by atoms with Crippen molar-refractivity contribution in [3.63, 3.8) is 0 Å². The van der Waals surface area contributed by atoms with Crippen LogP contribution in [0.2, 0.25) is 0 Å². The molecule has 0 aliphatic carbocycles. The van der Waals surface area contributed by atoms with E-state index in [0.29, 0.717) is 30.3 Å². The van der Waals surface area contributed by atoms with Gasteiger partial charge in [0.25, 0.3) is 5.91 Å². The van der Waals surface area contributed by atoms with Crippen LogP contribution in [0.25, 0.3) is 0 Å². The van der Waals surface area contributed by atoms with Gasteiger partial charge < -0.3 is 14.8 Å². The predicted molar refractivity (Wildman–Crippen MR) is 102 cm³/mol. The first kappa shape index (κ1) is 20.1. The van der Waals surface area contributed by atoms with Crippen LogP contribution in [0.1, 0.15) is 23.2 Å². The molecule has 1 amide bonds. The van der Waals surface area contributed by atoms with Crippen LogP contribution in [0.5, 0.6) is 11.5 Å². The maximum Gasteiger partial charge on any atom is 0.255 e. The summed E-state index contributed by atoms with van der Waals surface area (Å²) in [7, 11) is -1.01. The number of hydrogen-bond donors (Lipinski definition) is 1. The van der Waals surface area contributed by atoms with Crippen LogP contribution in [0.3, 0.4) is 0 Å². The number of carbonyl (C=O) groups is 1. The number of ether oxygens (including phenoxy) is 2. The average Bonchev–Trinajstić information content (AvgIpc) is 3.23. The lowest BCUT2D eigenvalue weighted by molar-refractivity contribution is 0.102. The van der Waals surface area contributed by atoms with Gasteiger partial charge in [0.15, 0.2) is 11.5 Å². The van der Waals surface area contributed by atoms with Crippen molar-refractivity contribution >= 4 is 21.6 Å². The summed E-state index contributed by atoms with van der Waals surface area (Å²) >= 11 is 0. The molecule has 0 atom stereocenters. The molecule has 7 nitrogen and oxygen atoms in total. The van der Waals surface area contributed by atoms with E-state index < -0.39 is 26.6 Å². The Morgan fingerprint density at radius 1 is 1.04 bits per heavy atom. The van der Waals surface area contributed by atoms with Crippen LogP contribution in [-0.2, 0) is 10.0 Å². The van der Waals surface area contributed by atoms with Gasteiger partial charge in [-0.25, -0.2) is 12.8 Å². The number of amides is 1. The summed E-state index contributed by atoms with van der Waals surface area (Å²) < 4.78 is 51.1. The van der Waals surface area contributed by atoms with E-state index in [1.807, 2.05) is 0 Å². The van der Waals surface area contributed by atoms with Crippen molar-refractivity contribution in [1.29, 1.82) is 0 Å². The van der Waals surface area contributed by atoms with Gasteiger partial charge in [-0.05, 0) is 43.2 Å². The molecule has 1 heterocycles. The summed E-state index contributed by atoms with van der Waals surface area (Å²) in [5.41, 5.74) is 0.463. The van der Waals surface area contributed by atoms with Crippen molar-refractivity contribution in [1.82, 2.24) is 4.31 Å². The maximum absolute atomic E-state index is 14.2. The highest BCUT2D eigenvalue weighted by Gasteiger charge is 2.30. The number of nitrogens with one attached hydrogen (secondary N) is 1. The Morgan fingerprint density at radius 2 is 1.71 bits per heavy atom. The minimum absolute atomic E-state index is 0.0361. The Morgan fingerprint density at radius 3 is 2.36 bits per heavy atom. The van der Waals surface area contributed by atoms with E-state index in [9.17, 15) is 17.6 Å². The van der Waals surface area contributed by atoms with Crippen molar-refractivity contribution in [3.05, 3.63) is 47.8 Å². The molecular weight excluding hydrogens is 387 g/mol. The van der Waals surface area contributed by atoms with Crippen LogP contribution >= 0.6 is 0 Å². The molecule has 1 fully saturated rings. The highest BCUT2D eigenvalue weighted by atomic mass is 32.2. The van der Waals surface area contributed by atoms with Gasteiger partial charge in [-0.1, -0.05) is 0 Å². The number of rotatable bonds is 6. The molecule has 0 saturated carbocycles. The summed E-state index contributed by atoms with van der Waals surface area (Å²) in [6.07, 6.45) is 1.47. The summed E-state index contributed by atoms with van der Waals surface area (Å²) in [6.45, 7) is 0.702. The molecule has 9 heteroatoms. The Hall–Kier alpha value is -2.65. The number of nitrogens with zero attached hydrogens (tertiary/aromatic N) is 1. The number of halogens is 1. The lowest BCUT2D eigenvalue weighted by Gasteiger charge is -2.16. The van der Waals surface area contributed by atoms with Crippen molar-refractivity contribution in [2.75, 3.05) is 32.6 Å². The van der Waals surface area contributed by atoms with Gasteiger partial charge in [-0.3, -0.25) is 4.79 Å². The van der Waals surface area contributed by atoms with Crippen molar-refractivity contribution in [3.8, 4) is 11.5 Å². The van der Waals surface area contributed by atoms with E-state index in [1.165, 1.54) is 24.6 Å². The molecule has 0 bridgehead atoms. The number of hydrogen-bond acceptors (Lipinski definition) is 5. The number of sulfonamides is 1. The summed E-state index contributed by atoms with van der Waals surface area (Å²) in [5, 5.41) is 2.65. The zero-order valence-corrected chi connectivity index (χ0v) is 16.4. The zero-order valence-electron chi connectivity index (χ0n) is 15.6. The molecule has 3 rings (SSSR count). The van der Waals surface area contributed by atoms with E-state index in [1.54, 1.807) is 18.2 Å². The fourth-order valence-electron chi connectivity index (χ4n) is 3.03. The monoisotopic (exact) mass is 408 g/mol. The SMILES string of the molecule is COc1ccc(NC(=O)c2ccc(F)c(S(=O)(=O)N3CCCC3)c2)cc1OC. The second kappa shape index (κ2) is 8.15. The summed E-state index contributed by atoms with van der Waals surface area (Å²) in [5.74, 6) is -0.516. The fourth-order valence-corrected chi connectivity index (χ4v) is 4.63. The molecule has 150 valence electrons. The minimum Gasteiger partial charge on any atom is -0.493 e. The first-order chi connectivity index (χ1) is 13.4. The van der Waals surface area contributed by atoms with E-state index in [4.69, 9.17) is 9.47 Å². The van der Waals surface area contributed by atoms with Crippen LogP contribution in [0, 0.1) is 5.82 Å². The van der Waals surface area contributed by atoms with Gasteiger partial charge >= 0.3 is 0 Å². The third kappa shape index (κ3) is 3.95. The average molecular weight is 408 g/mol. The third-order valence-corrected chi connectivity index (χ3v) is 6.43. The molecule has 0 radical (unpaired) electrons. The first-order valence-electron chi connectivity index (χ1n) is 8.70. The molecule has 2 aromatic carbocycles. The van der Waals surface area contributed by atoms with E-state index in [2.05, 4.69) is 5.32 Å². The smallest absolute Gasteiger partial charge is 0.255 e. The van der Waals surface area contributed by atoms with Gasteiger partial charge in [0.05, 0.1) is 14.2 Å². The Bertz CT molecular complexity index is 988. The number of benzene rings is 2. The van der Waals surface area contributed by atoms with Gasteiger partial charge in [0.1, 0.15) is 10.7 Å². The van der Waals surface area contributed by atoms with Crippen LogP contribution in [0.15, 0.2) is 41.3 Å². The number of methoxy groups -OCH3 is 2. The lowest BCUT2D eigenvalue weighted by Crippen LogP contribution is -2.29. The molecular formula is C19H21FN2O5S. The van der Waals surface area contributed by atoms with Crippen molar-refractivity contribution < 1.29 is 27.1 Å². The fraction of sp³-hybridized carbons (Fsp3) is 0.316. The molecule has 1 N–H and O–H groups in total. The minimum atomic E-state index is -3.98. The van der Waals surface area contributed by atoms with Crippen molar-refractivity contribution in [2.24, 2.45) is 0 Å². The predicted octanol–water partition coefficient (Wildman–Crippen LogP) is 2.88. The molecule has 1 aliphatic rings. The largest absolute Gasteiger partial charge is 0.493 e. The topological polar surface area (TPSA) is 84.9 Å². The second-order valence-electron chi connectivity index (χ2n) is 6.28. The van der Waals surface area contributed by atoms with Crippen LogP contribution in [-0.4, -0.2) is 45.9 Å². The maximum atomic E-state index is 14.2. The normalized spacial score (nSPS) is 14.7. The van der Waals surface area contributed by atoms with E-state index in [0.717, 1.165) is 25.0 Å². The molecule has 2 aromatic rings. The standard InChI is InChI=1S/C19H21FN2O5S/c1-26-16-8-6-14(12-17(16)27-2)21-19(23)13-5-7-15(20)18(11-13)28(24,25)22-9-3-4-10-22/h5-8,11-12H,3-4,9-10H2,1-2H3,(H,21,23). The van der Waals surface area contributed by atoms with Gasteiger partial charge in [-0.2, -0.15) is 4.31 Å². The number of anilines is 1. The van der Waals surface area contributed by atoms with E-state index >= 15 is 0 Å². The molecule has 1 aliphatic heterocycles. The summed E-state index contributed by atoms with van der Waals surface area (Å²) in [6, 6.07) is 8.12. The van der Waals surface area contributed by atoms with Crippen molar-refractivity contribution in [2.45, 2.75) is 17.7 Å². The van der Waals surface area contributed by atoms with Gasteiger partial charge in [0.2, 0.25) is 10.0 Å². The molecule has 28 heavy (non-hydrogen) atoms. The highest BCUT2D eigenvalue weighted by Crippen LogP contribution is 2.30. The Kier molecular flexibility index (Phi) is 5.85. The lowest BCUT2D eigenvalue weighted by atomic mass is 10.2. The second-order valence-corrected chi connectivity index (χ2v) is 8.19. The first-order valence-corrected chi connectivity index (χ1v) is 10.1. The van der Waals surface area contributed by atoms with Gasteiger partial charge in [0, 0.05) is 30.4 Å².